The summed E-state index contributed by atoms with van der Waals surface area (Å²) in [6.45, 7) is 1.05. The molecule has 0 saturated heterocycles. The van der Waals surface area contributed by atoms with Crippen LogP contribution in [-0.2, 0) is 31.9 Å². The zero-order valence-electron chi connectivity index (χ0n) is 35.2. The molecule has 3 amide bonds. The van der Waals surface area contributed by atoms with Crippen LogP contribution in [0.2, 0.25) is 0 Å². The lowest BCUT2D eigenvalue weighted by atomic mass is 9.98. The van der Waals surface area contributed by atoms with Crippen molar-refractivity contribution in [2.24, 2.45) is 0 Å². The Bertz CT molecular complexity index is 2660. The van der Waals surface area contributed by atoms with Crippen LogP contribution in [0.15, 0.2) is 85.2 Å². The number of ether oxygens (including phenoxy) is 2. The number of carbonyl (C=O) groups excluding carboxylic acids is 5. The molecular formula is C46H46F2N6O9. The van der Waals surface area contributed by atoms with Crippen molar-refractivity contribution in [2.75, 3.05) is 53.8 Å². The number of benzene rings is 4. The number of pyridine rings is 2. The molecule has 0 unspecified atom stereocenters. The molecule has 0 fully saturated rings. The number of hydrogen-bond donors (Lipinski definition) is 5. The van der Waals surface area contributed by atoms with E-state index in [1.807, 2.05) is 19.0 Å². The third kappa shape index (κ3) is 12.1. The van der Waals surface area contributed by atoms with Gasteiger partial charge in [0, 0.05) is 61.7 Å². The van der Waals surface area contributed by atoms with Gasteiger partial charge in [0.15, 0.2) is 11.5 Å². The number of rotatable bonds is 14. The molecule has 0 aliphatic heterocycles. The van der Waals surface area contributed by atoms with E-state index in [4.69, 9.17) is 9.47 Å². The lowest BCUT2D eigenvalue weighted by Crippen LogP contribution is -2.31. The number of nitrogens with zero attached hydrogens (tertiary/aromatic N) is 3. The predicted octanol–water partition coefficient (Wildman–Crippen LogP) is 5.67. The van der Waals surface area contributed by atoms with Crippen LogP contribution in [0.3, 0.4) is 0 Å². The van der Waals surface area contributed by atoms with Crippen LogP contribution >= 0.6 is 0 Å². The first kappa shape index (κ1) is 46.5. The second-order valence-corrected chi connectivity index (χ2v) is 14.5. The van der Waals surface area contributed by atoms with Crippen LogP contribution in [0.5, 0.6) is 11.5 Å². The minimum atomic E-state index is -0.789. The predicted molar refractivity (Wildman–Crippen MR) is 231 cm³/mol. The fourth-order valence-corrected chi connectivity index (χ4v) is 6.38. The van der Waals surface area contributed by atoms with E-state index in [2.05, 4.69) is 25.9 Å². The Kier molecular flexibility index (Phi) is 15.7. The summed E-state index contributed by atoms with van der Waals surface area (Å²) >= 11 is 0. The maximum atomic E-state index is 13.2. The highest BCUT2D eigenvalue weighted by Gasteiger charge is 2.23. The van der Waals surface area contributed by atoms with Crippen molar-refractivity contribution in [2.45, 2.75) is 25.7 Å². The molecule has 15 nitrogen and oxygen atoms in total. The average molecular weight is 865 g/mol. The molecule has 0 bridgehead atoms. The monoisotopic (exact) mass is 864 g/mol. The Balaban J connectivity index is 0.000000238. The molecule has 0 atom stereocenters. The Hall–Kier alpha value is -7.53. The maximum Gasteiger partial charge on any atom is 0.341 e. The second kappa shape index (κ2) is 21.3. The number of halogens is 2. The van der Waals surface area contributed by atoms with E-state index in [-0.39, 0.29) is 75.3 Å². The molecule has 6 aromatic rings. The van der Waals surface area contributed by atoms with Crippen molar-refractivity contribution in [3.63, 3.8) is 0 Å². The van der Waals surface area contributed by atoms with Gasteiger partial charge in [-0.3, -0.25) is 24.4 Å². The molecule has 0 aliphatic rings. The molecule has 0 radical (unpaired) electrons. The maximum absolute atomic E-state index is 13.2. The van der Waals surface area contributed by atoms with Gasteiger partial charge in [0.1, 0.15) is 33.8 Å². The number of esters is 2. The summed E-state index contributed by atoms with van der Waals surface area (Å²) in [4.78, 5) is 71.4. The minimum absolute atomic E-state index is 0.00370. The van der Waals surface area contributed by atoms with E-state index in [0.29, 0.717) is 36.7 Å². The Morgan fingerprint density at radius 3 is 1.62 bits per heavy atom. The van der Waals surface area contributed by atoms with Crippen LogP contribution in [0.1, 0.15) is 66.2 Å². The molecule has 17 heteroatoms. The van der Waals surface area contributed by atoms with Crippen molar-refractivity contribution < 1.29 is 52.4 Å². The topological polar surface area (TPSA) is 209 Å². The fraction of sp³-hybridized carbons (Fsp3) is 0.239. The number of phenols is 2. The molecule has 0 spiro atoms. The molecule has 6 rings (SSSR count). The molecule has 328 valence electrons. The Labute approximate surface area is 361 Å². The zero-order chi connectivity index (χ0) is 45.8. The van der Waals surface area contributed by atoms with Crippen molar-refractivity contribution >= 4 is 57.2 Å². The van der Waals surface area contributed by atoms with E-state index in [1.54, 1.807) is 42.6 Å². The molecular weight excluding hydrogens is 819 g/mol. The van der Waals surface area contributed by atoms with Crippen LogP contribution < -0.4 is 16.0 Å². The number of hydrogen-bond acceptors (Lipinski definition) is 12. The van der Waals surface area contributed by atoms with Gasteiger partial charge < -0.3 is 40.5 Å². The summed E-state index contributed by atoms with van der Waals surface area (Å²) in [6, 6.07) is 18.2. The highest BCUT2D eigenvalue weighted by molar-refractivity contribution is 6.12. The number of methoxy groups -OCH3 is 2. The summed E-state index contributed by atoms with van der Waals surface area (Å²) in [6.07, 6.45) is 3.91. The van der Waals surface area contributed by atoms with Gasteiger partial charge in [0.05, 0.1) is 19.9 Å². The third-order valence-corrected chi connectivity index (χ3v) is 9.68. The number of anilines is 1. The third-order valence-electron chi connectivity index (χ3n) is 9.68. The molecule has 0 aliphatic carbocycles. The van der Waals surface area contributed by atoms with Gasteiger partial charge >= 0.3 is 11.9 Å². The first-order valence-electron chi connectivity index (χ1n) is 19.5. The van der Waals surface area contributed by atoms with E-state index in [1.165, 1.54) is 63.9 Å². The fourth-order valence-electron chi connectivity index (χ4n) is 6.38. The van der Waals surface area contributed by atoms with E-state index in [9.17, 15) is 43.0 Å². The van der Waals surface area contributed by atoms with Gasteiger partial charge in [0.25, 0.3) is 5.91 Å². The van der Waals surface area contributed by atoms with Crippen molar-refractivity contribution in [1.82, 2.24) is 25.5 Å². The van der Waals surface area contributed by atoms with E-state index < -0.39 is 23.8 Å². The molecule has 2 heterocycles. The highest BCUT2D eigenvalue weighted by atomic mass is 19.1. The number of aromatic hydroxyl groups is 2. The first-order valence-corrected chi connectivity index (χ1v) is 19.5. The quantitative estimate of drug-likeness (QED) is 0.0663. The number of amides is 3. The number of phenolic OH excluding ortho intramolecular Hbond substituents is 2. The van der Waals surface area contributed by atoms with Crippen molar-refractivity contribution in [3.05, 3.63) is 136 Å². The number of carbonyl (C=O) groups is 5. The smallest absolute Gasteiger partial charge is 0.341 e. The largest absolute Gasteiger partial charge is 0.505 e. The summed E-state index contributed by atoms with van der Waals surface area (Å²) in [5, 5.41) is 29.9. The molecule has 0 saturated carbocycles. The van der Waals surface area contributed by atoms with Crippen LogP contribution in [0.25, 0.3) is 21.8 Å². The SMILES string of the molecule is CNC(=O)CCC(=O)Nc1cc(C(=O)OC)c(O)c2ncc(Cc3ccc(F)cc3)cc12.COC(=O)c1cc(C(=O)NCCN(C)C)c2cc(Cc3ccc(F)cc3)cnc2c1O. The van der Waals surface area contributed by atoms with Gasteiger partial charge in [-0.2, -0.15) is 0 Å². The van der Waals surface area contributed by atoms with Gasteiger partial charge in [-0.25, -0.2) is 18.4 Å². The van der Waals surface area contributed by atoms with Gasteiger partial charge in [0.2, 0.25) is 11.8 Å². The van der Waals surface area contributed by atoms with Gasteiger partial charge in [-0.05, 0) is 97.7 Å². The lowest BCUT2D eigenvalue weighted by molar-refractivity contribution is -0.124. The van der Waals surface area contributed by atoms with Crippen molar-refractivity contribution in [3.8, 4) is 11.5 Å². The minimum Gasteiger partial charge on any atom is -0.505 e. The van der Waals surface area contributed by atoms with Crippen LogP contribution in [0.4, 0.5) is 14.5 Å². The summed E-state index contributed by atoms with van der Waals surface area (Å²) in [5.41, 5.74) is 3.64. The number of fused-ring (bicyclic) bond motifs is 2. The summed E-state index contributed by atoms with van der Waals surface area (Å²) in [7, 11) is 7.63. The van der Waals surface area contributed by atoms with Gasteiger partial charge in [-0.1, -0.05) is 24.3 Å². The first-order chi connectivity index (χ1) is 30.1. The zero-order valence-corrected chi connectivity index (χ0v) is 35.2. The molecule has 4 aromatic carbocycles. The van der Waals surface area contributed by atoms with Crippen LogP contribution in [0, 0.1) is 11.6 Å². The molecule has 2 aromatic heterocycles. The average Bonchev–Trinajstić information content (AvgIpc) is 3.27. The summed E-state index contributed by atoms with van der Waals surface area (Å²) in [5.74, 6) is -4.05. The number of nitrogens with one attached hydrogen (secondary N) is 3. The standard InChI is InChI=1S/C23H22FN3O5.C23H24FN3O4/c1-25-19(28)7-8-20(29)27-18-11-17(23(31)32-2)22(30)21-16(18)10-14(12-26-21)9-13-3-5-15(24)6-4-13;1-27(2)9-8-25-22(29)18-12-19(23(30)31-3)21(28)20-17(18)11-15(13-26-20)10-14-4-6-16(24)7-5-14/h3-6,10-12,30H,7-9H2,1-2H3,(H,25,28)(H,27,29);4-7,11-13,28H,8-10H2,1-3H3,(H,25,29). The molecule has 5 N–H and O–H groups in total. The number of aromatic nitrogens is 2. The lowest BCUT2D eigenvalue weighted by Gasteiger charge is -2.14. The Morgan fingerprint density at radius 1 is 0.651 bits per heavy atom. The van der Waals surface area contributed by atoms with Crippen LogP contribution in [-0.4, -0.2) is 103 Å². The second-order valence-electron chi connectivity index (χ2n) is 14.5. The van der Waals surface area contributed by atoms with E-state index in [0.717, 1.165) is 22.3 Å². The normalized spacial score (nSPS) is 10.8. The Morgan fingerprint density at radius 2 is 1.13 bits per heavy atom. The van der Waals surface area contributed by atoms with Crippen molar-refractivity contribution in [1.29, 1.82) is 0 Å². The van der Waals surface area contributed by atoms with E-state index >= 15 is 0 Å². The van der Waals surface area contributed by atoms with Gasteiger partial charge in [-0.15, -0.1) is 0 Å². The summed E-state index contributed by atoms with van der Waals surface area (Å²) < 4.78 is 35.8. The molecule has 63 heavy (non-hydrogen) atoms. The number of likely N-dealkylation sites (N-methyl/N-ethyl adjacent to an activating group) is 1. The highest BCUT2D eigenvalue weighted by Crippen LogP contribution is 2.35.